The lowest BCUT2D eigenvalue weighted by atomic mass is 9.96. The molecule has 0 spiro atoms. The Labute approximate surface area is 251 Å². The predicted molar refractivity (Wildman–Crippen MR) is 165 cm³/mol. The lowest BCUT2D eigenvalue weighted by Gasteiger charge is -2.25. The first-order valence-corrected chi connectivity index (χ1v) is 15.5. The van der Waals surface area contributed by atoms with Crippen molar-refractivity contribution in [1.29, 1.82) is 0 Å². The third-order valence-corrected chi connectivity index (χ3v) is 8.64. The molecule has 0 amide bonds. The van der Waals surface area contributed by atoms with E-state index < -0.39 is 12.0 Å². The van der Waals surface area contributed by atoms with Crippen molar-refractivity contribution < 1.29 is 14.3 Å². The summed E-state index contributed by atoms with van der Waals surface area (Å²) in [6.07, 6.45) is 3.54. The van der Waals surface area contributed by atoms with Gasteiger partial charge in [0, 0.05) is 15.5 Å². The number of carbonyl (C=O) groups is 1. The number of aromatic nitrogens is 1. The van der Waals surface area contributed by atoms with Crippen LogP contribution in [0.5, 0.6) is 5.75 Å². The number of hydrogen-bond acceptors (Lipinski definition) is 7. The standard InChI is InChI=1S/C32H29ClN2O4S2/c1-19(2)39-31(37)28-20(3)34-32-35(29(28)22-11-15-25(40-4)16-12-22)30(36)27(41-32)17-21-9-13-24(14-10-21)38-18-23-7-5-6-8-26(23)33/h5-17,19,29H,18H2,1-4H3/b27-17-/t29-/m1/s1. The number of carbonyl (C=O) groups excluding carboxylic acids is 1. The second-order valence-electron chi connectivity index (χ2n) is 9.76. The molecule has 0 radical (unpaired) electrons. The Bertz CT molecular complexity index is 1790. The van der Waals surface area contributed by atoms with Gasteiger partial charge in [0.1, 0.15) is 12.4 Å². The molecular formula is C32H29ClN2O4S2. The fraction of sp³-hybridized carbons (Fsp3) is 0.219. The number of hydrogen-bond donors (Lipinski definition) is 0. The summed E-state index contributed by atoms with van der Waals surface area (Å²) in [5.41, 5.74) is 3.27. The van der Waals surface area contributed by atoms with Gasteiger partial charge in [-0.1, -0.05) is 65.4 Å². The summed E-state index contributed by atoms with van der Waals surface area (Å²) < 4.78 is 13.6. The molecule has 210 valence electrons. The van der Waals surface area contributed by atoms with Crippen molar-refractivity contribution in [3.05, 3.63) is 125 Å². The van der Waals surface area contributed by atoms with Crippen LogP contribution >= 0.6 is 34.7 Å². The van der Waals surface area contributed by atoms with E-state index in [0.29, 0.717) is 38.0 Å². The first-order valence-electron chi connectivity index (χ1n) is 13.1. The van der Waals surface area contributed by atoms with Crippen LogP contribution in [0.2, 0.25) is 5.02 Å². The highest BCUT2D eigenvalue weighted by Gasteiger charge is 2.33. The monoisotopic (exact) mass is 604 g/mol. The molecule has 0 unspecified atom stereocenters. The van der Waals surface area contributed by atoms with Gasteiger partial charge in [-0.15, -0.1) is 11.8 Å². The Hall–Kier alpha value is -3.59. The highest BCUT2D eigenvalue weighted by molar-refractivity contribution is 7.98. The normalized spacial score (nSPS) is 15.1. The summed E-state index contributed by atoms with van der Waals surface area (Å²) in [6.45, 7) is 5.76. The lowest BCUT2D eigenvalue weighted by molar-refractivity contribution is -0.143. The van der Waals surface area contributed by atoms with Gasteiger partial charge in [-0.2, -0.15) is 0 Å². The number of thioether (sulfide) groups is 1. The van der Waals surface area contributed by atoms with Gasteiger partial charge in [-0.05, 0) is 74.6 Å². The minimum Gasteiger partial charge on any atom is -0.489 e. The maximum Gasteiger partial charge on any atom is 0.338 e. The Morgan fingerprint density at radius 2 is 1.80 bits per heavy atom. The summed E-state index contributed by atoms with van der Waals surface area (Å²) in [4.78, 5) is 33.4. The molecule has 0 saturated carbocycles. The zero-order valence-electron chi connectivity index (χ0n) is 23.1. The van der Waals surface area contributed by atoms with Crippen LogP contribution in [0, 0.1) is 0 Å². The van der Waals surface area contributed by atoms with E-state index in [4.69, 9.17) is 21.1 Å². The summed E-state index contributed by atoms with van der Waals surface area (Å²) in [5, 5.41) is 0.661. The summed E-state index contributed by atoms with van der Waals surface area (Å²) in [5.74, 6) is 0.225. The Morgan fingerprint density at radius 3 is 2.46 bits per heavy atom. The van der Waals surface area contributed by atoms with Crippen molar-refractivity contribution >= 4 is 46.7 Å². The second-order valence-corrected chi connectivity index (χ2v) is 12.1. The number of allylic oxidation sites excluding steroid dienone is 1. The van der Waals surface area contributed by atoms with Crippen molar-refractivity contribution in [3.63, 3.8) is 0 Å². The SMILES string of the molecule is CSc1ccc([C@@H]2C(C(=O)OC(C)C)=C(C)N=c3s/c(=C\c4ccc(OCc5ccccc5Cl)cc4)c(=O)n32)cc1. The maximum absolute atomic E-state index is 13.8. The van der Waals surface area contributed by atoms with E-state index in [1.807, 2.05) is 85.1 Å². The van der Waals surface area contributed by atoms with Crippen LogP contribution in [-0.4, -0.2) is 22.9 Å². The quantitative estimate of drug-likeness (QED) is 0.178. The summed E-state index contributed by atoms with van der Waals surface area (Å²) >= 11 is 9.16. The lowest BCUT2D eigenvalue weighted by Crippen LogP contribution is -2.40. The Balaban J connectivity index is 1.50. The molecule has 6 nitrogen and oxygen atoms in total. The number of fused-ring (bicyclic) bond motifs is 1. The smallest absolute Gasteiger partial charge is 0.338 e. The van der Waals surface area contributed by atoms with E-state index in [-0.39, 0.29) is 11.7 Å². The van der Waals surface area contributed by atoms with Crippen LogP contribution < -0.4 is 19.6 Å². The molecule has 4 aromatic rings. The van der Waals surface area contributed by atoms with Gasteiger partial charge in [0.2, 0.25) is 0 Å². The van der Waals surface area contributed by atoms with Gasteiger partial charge in [0.05, 0.1) is 27.9 Å². The minimum atomic E-state index is -0.642. The number of halogens is 1. The number of esters is 1. The minimum absolute atomic E-state index is 0.214. The first-order chi connectivity index (χ1) is 19.7. The number of benzene rings is 3. The zero-order valence-corrected chi connectivity index (χ0v) is 25.5. The third-order valence-electron chi connectivity index (χ3n) is 6.55. The Morgan fingerprint density at radius 1 is 1.10 bits per heavy atom. The number of nitrogens with zero attached hydrogens (tertiary/aromatic N) is 2. The predicted octanol–water partition coefficient (Wildman–Crippen LogP) is 6.14. The van der Waals surface area contributed by atoms with Gasteiger partial charge in [0.25, 0.3) is 5.56 Å². The molecule has 2 heterocycles. The van der Waals surface area contributed by atoms with Gasteiger partial charge < -0.3 is 9.47 Å². The number of thiazole rings is 1. The molecule has 0 bridgehead atoms. The van der Waals surface area contributed by atoms with Crippen molar-refractivity contribution in [1.82, 2.24) is 4.57 Å². The van der Waals surface area contributed by atoms with Crippen LogP contribution in [0.15, 0.2) is 98.7 Å². The average molecular weight is 605 g/mol. The van der Waals surface area contributed by atoms with Gasteiger partial charge in [-0.25, -0.2) is 9.79 Å². The highest BCUT2D eigenvalue weighted by Crippen LogP contribution is 2.32. The molecule has 0 aliphatic carbocycles. The maximum atomic E-state index is 13.8. The fourth-order valence-corrected chi connectivity index (χ4v) is 6.20. The number of rotatable bonds is 8. The van der Waals surface area contributed by atoms with Crippen molar-refractivity contribution in [2.24, 2.45) is 4.99 Å². The van der Waals surface area contributed by atoms with E-state index >= 15 is 0 Å². The van der Waals surface area contributed by atoms with Crippen LogP contribution in [-0.2, 0) is 16.1 Å². The summed E-state index contributed by atoms with van der Waals surface area (Å²) in [6, 6.07) is 22.3. The Kier molecular flexibility index (Phi) is 8.82. The molecule has 0 fully saturated rings. The third kappa shape index (κ3) is 6.35. The largest absolute Gasteiger partial charge is 0.489 e. The molecule has 1 aromatic heterocycles. The van der Waals surface area contributed by atoms with Crippen LogP contribution in [0.25, 0.3) is 6.08 Å². The topological polar surface area (TPSA) is 69.9 Å². The van der Waals surface area contributed by atoms with Crippen LogP contribution in [0.1, 0.15) is 43.5 Å². The molecular weight excluding hydrogens is 576 g/mol. The zero-order chi connectivity index (χ0) is 29.1. The highest BCUT2D eigenvalue weighted by atomic mass is 35.5. The van der Waals surface area contributed by atoms with Gasteiger partial charge in [0.15, 0.2) is 4.80 Å². The van der Waals surface area contributed by atoms with Crippen molar-refractivity contribution in [3.8, 4) is 5.75 Å². The second kappa shape index (κ2) is 12.5. The van der Waals surface area contributed by atoms with E-state index in [9.17, 15) is 9.59 Å². The fourth-order valence-electron chi connectivity index (χ4n) is 4.55. The molecule has 1 atom stereocenters. The molecule has 1 aliphatic rings. The van der Waals surface area contributed by atoms with E-state index in [1.165, 1.54) is 11.3 Å². The molecule has 1 aliphatic heterocycles. The van der Waals surface area contributed by atoms with Crippen LogP contribution in [0.3, 0.4) is 0 Å². The molecule has 9 heteroatoms. The molecule has 5 rings (SSSR count). The molecule has 3 aromatic carbocycles. The van der Waals surface area contributed by atoms with Crippen LogP contribution in [0.4, 0.5) is 0 Å². The summed E-state index contributed by atoms with van der Waals surface area (Å²) in [7, 11) is 0. The molecule has 41 heavy (non-hydrogen) atoms. The van der Waals surface area contributed by atoms with Gasteiger partial charge in [-0.3, -0.25) is 9.36 Å². The molecule has 0 N–H and O–H groups in total. The average Bonchev–Trinajstić information content (AvgIpc) is 3.26. The molecule has 0 saturated heterocycles. The van der Waals surface area contributed by atoms with Crippen molar-refractivity contribution in [2.75, 3.05) is 6.26 Å². The first kappa shape index (κ1) is 28.9. The van der Waals surface area contributed by atoms with Crippen molar-refractivity contribution in [2.45, 2.75) is 44.4 Å². The van der Waals surface area contributed by atoms with E-state index in [0.717, 1.165) is 21.6 Å². The van der Waals surface area contributed by atoms with Gasteiger partial charge >= 0.3 is 5.97 Å². The number of ether oxygens (including phenoxy) is 2. The van der Waals surface area contributed by atoms with E-state index in [1.54, 1.807) is 37.1 Å². The van der Waals surface area contributed by atoms with E-state index in [2.05, 4.69) is 4.99 Å².